The number of carbonyl (C=O) groups is 3. The molecular formula is C15H25N2O6. The Kier molecular flexibility index (Phi) is 5.50. The summed E-state index contributed by atoms with van der Waals surface area (Å²) in [6, 6.07) is -1.27. The molecule has 0 bridgehead atoms. The number of rotatable bonds is 1. The maximum Gasteiger partial charge on any atom is 0.411 e. The molecule has 1 fully saturated rings. The summed E-state index contributed by atoms with van der Waals surface area (Å²) in [7, 11) is 0. The molecule has 0 aliphatic carbocycles. The molecule has 23 heavy (non-hydrogen) atoms. The van der Waals surface area contributed by atoms with Crippen LogP contribution in [0.4, 0.5) is 9.59 Å². The van der Waals surface area contributed by atoms with Gasteiger partial charge in [0.1, 0.15) is 11.2 Å². The molecule has 0 aromatic heterocycles. The second-order valence-electron chi connectivity index (χ2n) is 7.43. The third-order valence-corrected chi connectivity index (χ3v) is 2.93. The van der Waals surface area contributed by atoms with Gasteiger partial charge in [-0.2, -0.15) is 0 Å². The summed E-state index contributed by atoms with van der Waals surface area (Å²) in [4.78, 5) is 37.8. The Balaban J connectivity index is 2.80. The molecule has 131 valence electrons. The summed E-state index contributed by atoms with van der Waals surface area (Å²) in [5.74, 6) is -1.44. The maximum absolute atomic E-state index is 12.1. The van der Waals surface area contributed by atoms with Crippen LogP contribution in [0.15, 0.2) is 0 Å². The largest absolute Gasteiger partial charge is 0.444 e. The van der Waals surface area contributed by atoms with Crippen LogP contribution in [0.1, 0.15) is 41.5 Å². The molecule has 1 aliphatic rings. The van der Waals surface area contributed by atoms with Crippen molar-refractivity contribution >= 4 is 18.2 Å². The molecule has 2 amide bonds. The van der Waals surface area contributed by atoms with Crippen LogP contribution in [-0.4, -0.2) is 64.8 Å². The minimum atomic E-state index is -1.44. The van der Waals surface area contributed by atoms with Gasteiger partial charge in [-0.1, -0.05) is 0 Å². The highest BCUT2D eigenvalue weighted by molar-refractivity contribution is 5.81. The molecule has 0 aromatic rings. The summed E-state index contributed by atoms with van der Waals surface area (Å²) >= 11 is 0. The molecule has 1 aliphatic heterocycles. The van der Waals surface area contributed by atoms with E-state index in [0.29, 0.717) is 0 Å². The quantitative estimate of drug-likeness (QED) is 0.731. The Morgan fingerprint density at radius 3 is 1.78 bits per heavy atom. The van der Waals surface area contributed by atoms with Crippen LogP contribution in [0.3, 0.4) is 0 Å². The van der Waals surface area contributed by atoms with E-state index in [9.17, 15) is 19.5 Å². The molecule has 1 radical (unpaired) electrons. The Bertz CT molecular complexity index is 477. The van der Waals surface area contributed by atoms with Gasteiger partial charge in [-0.3, -0.25) is 4.90 Å². The van der Waals surface area contributed by atoms with Crippen LogP contribution in [0, 0.1) is 0 Å². The minimum absolute atomic E-state index is 0.0345. The number of hydrogen-bond acceptors (Lipinski definition) is 5. The van der Waals surface area contributed by atoms with Gasteiger partial charge in [0.2, 0.25) is 0 Å². The lowest BCUT2D eigenvalue weighted by Gasteiger charge is -2.39. The zero-order valence-corrected chi connectivity index (χ0v) is 14.5. The Hall–Kier alpha value is -1.99. The molecule has 0 unspecified atom stereocenters. The topological polar surface area (TPSA) is 96.0 Å². The minimum Gasteiger partial charge on any atom is -0.444 e. The molecule has 0 spiro atoms. The molecule has 1 heterocycles. The lowest BCUT2D eigenvalue weighted by atomic mass is 10.1. The third-order valence-electron chi connectivity index (χ3n) is 2.93. The summed E-state index contributed by atoms with van der Waals surface area (Å²) in [6.07, 6.45) is -1.36. The van der Waals surface area contributed by atoms with Gasteiger partial charge < -0.3 is 14.4 Å². The van der Waals surface area contributed by atoms with E-state index >= 15 is 0 Å². The van der Waals surface area contributed by atoms with Crippen LogP contribution in [0.2, 0.25) is 0 Å². The Labute approximate surface area is 136 Å². The Morgan fingerprint density at radius 2 is 1.35 bits per heavy atom. The fourth-order valence-corrected chi connectivity index (χ4v) is 2.02. The highest BCUT2D eigenvalue weighted by Gasteiger charge is 2.40. The van der Waals surface area contributed by atoms with E-state index in [0.717, 1.165) is 4.90 Å². The predicted octanol–water partition coefficient (Wildman–Crippen LogP) is 1.80. The van der Waals surface area contributed by atoms with Gasteiger partial charge >= 0.3 is 18.2 Å². The smallest absolute Gasteiger partial charge is 0.411 e. The number of carbonyl (C=O) groups excluding carboxylic acids is 3. The van der Waals surface area contributed by atoms with E-state index in [1.54, 1.807) is 41.5 Å². The zero-order valence-electron chi connectivity index (χ0n) is 14.5. The van der Waals surface area contributed by atoms with Crippen molar-refractivity contribution in [1.82, 2.24) is 9.80 Å². The highest BCUT2D eigenvalue weighted by Crippen LogP contribution is 2.18. The van der Waals surface area contributed by atoms with Gasteiger partial charge in [0.25, 0.3) is 0 Å². The van der Waals surface area contributed by atoms with Crippen molar-refractivity contribution in [2.24, 2.45) is 0 Å². The molecule has 8 heteroatoms. The van der Waals surface area contributed by atoms with E-state index in [-0.39, 0.29) is 19.6 Å². The maximum atomic E-state index is 12.1. The van der Waals surface area contributed by atoms with Crippen molar-refractivity contribution in [2.75, 3.05) is 19.6 Å². The Morgan fingerprint density at radius 1 is 0.870 bits per heavy atom. The lowest BCUT2D eigenvalue weighted by Crippen LogP contribution is -2.60. The molecule has 0 N–H and O–H groups in total. The zero-order chi connectivity index (χ0) is 18.0. The normalized spacial score (nSPS) is 19.3. The molecule has 0 aromatic carbocycles. The predicted molar refractivity (Wildman–Crippen MR) is 80.2 cm³/mol. The van der Waals surface area contributed by atoms with Crippen LogP contribution < -0.4 is 0 Å². The number of hydrogen-bond donors (Lipinski definition) is 0. The summed E-state index contributed by atoms with van der Waals surface area (Å²) in [5, 5.41) is 11.3. The van der Waals surface area contributed by atoms with E-state index in [1.807, 2.05) is 0 Å². The van der Waals surface area contributed by atoms with Crippen molar-refractivity contribution in [1.29, 1.82) is 0 Å². The standard InChI is InChI=1S/C15H25N2O6/c1-14(2,3)22-12(20)16-7-8-17(10(9-16)11(18)19)13(21)23-15(4,5)6/h10H,7-9H2,1-6H3/t10-/m1/s1. The van der Waals surface area contributed by atoms with Crippen LogP contribution >= 0.6 is 0 Å². The van der Waals surface area contributed by atoms with Crippen LogP contribution in [0.5, 0.6) is 0 Å². The van der Waals surface area contributed by atoms with Gasteiger partial charge in [-0.05, 0) is 41.5 Å². The average Bonchev–Trinajstić information content (AvgIpc) is 2.33. The van der Waals surface area contributed by atoms with Gasteiger partial charge in [0.05, 0.1) is 6.54 Å². The van der Waals surface area contributed by atoms with E-state index in [4.69, 9.17) is 9.47 Å². The van der Waals surface area contributed by atoms with E-state index in [1.165, 1.54) is 4.90 Å². The second kappa shape index (κ2) is 6.64. The van der Waals surface area contributed by atoms with Crippen molar-refractivity contribution in [2.45, 2.75) is 58.8 Å². The van der Waals surface area contributed by atoms with Crippen LogP contribution in [0.25, 0.3) is 0 Å². The summed E-state index contributed by atoms with van der Waals surface area (Å²) in [6.45, 7) is 10.2. The first-order valence-corrected chi connectivity index (χ1v) is 7.48. The SMILES string of the molecule is CC(C)(C)OC(=O)N1CCN(C(=O)OC(C)(C)C)[C@@H](C([O])=O)C1. The second-order valence-corrected chi connectivity index (χ2v) is 7.43. The third kappa shape index (κ3) is 5.96. The van der Waals surface area contributed by atoms with Gasteiger partial charge in [0, 0.05) is 13.1 Å². The fourth-order valence-electron chi connectivity index (χ4n) is 2.02. The molecule has 0 saturated carbocycles. The van der Waals surface area contributed by atoms with Gasteiger partial charge in [0.15, 0.2) is 6.04 Å². The molecule has 8 nitrogen and oxygen atoms in total. The summed E-state index contributed by atoms with van der Waals surface area (Å²) in [5.41, 5.74) is -1.42. The fraction of sp³-hybridized carbons (Fsp3) is 0.800. The molecule has 1 saturated heterocycles. The first kappa shape index (κ1) is 19.1. The first-order valence-electron chi connectivity index (χ1n) is 7.48. The van der Waals surface area contributed by atoms with Gasteiger partial charge in [-0.15, -0.1) is 0 Å². The van der Waals surface area contributed by atoms with Crippen molar-refractivity contribution in [3.63, 3.8) is 0 Å². The molecular weight excluding hydrogens is 304 g/mol. The van der Waals surface area contributed by atoms with Crippen molar-refractivity contribution in [3.05, 3.63) is 0 Å². The molecule has 1 rings (SSSR count). The van der Waals surface area contributed by atoms with E-state index < -0.39 is 35.4 Å². The van der Waals surface area contributed by atoms with E-state index in [2.05, 4.69) is 0 Å². The monoisotopic (exact) mass is 329 g/mol. The lowest BCUT2D eigenvalue weighted by molar-refractivity contribution is -0.151. The number of nitrogens with zero attached hydrogens (tertiary/aromatic N) is 2. The molecule has 1 atom stereocenters. The first-order chi connectivity index (χ1) is 10.3. The average molecular weight is 329 g/mol. The highest BCUT2D eigenvalue weighted by atomic mass is 16.6. The van der Waals surface area contributed by atoms with Crippen molar-refractivity contribution < 1.29 is 29.0 Å². The summed E-state index contributed by atoms with van der Waals surface area (Å²) < 4.78 is 10.4. The number of amides is 2. The van der Waals surface area contributed by atoms with Crippen LogP contribution in [-0.2, 0) is 19.4 Å². The number of ether oxygens (including phenoxy) is 2. The number of piperazine rings is 1. The van der Waals surface area contributed by atoms with Gasteiger partial charge in [-0.25, -0.2) is 19.5 Å². The van der Waals surface area contributed by atoms with Crippen molar-refractivity contribution in [3.8, 4) is 0 Å².